The van der Waals surface area contributed by atoms with E-state index in [1.54, 1.807) is 0 Å². The maximum absolute atomic E-state index is 12.5. The molecule has 0 saturated heterocycles. The first-order valence-electron chi connectivity index (χ1n) is 16.3. The maximum Gasteiger partial charge on any atom is 0.137 e. The first kappa shape index (κ1) is 34.0. The lowest BCUT2D eigenvalue weighted by Crippen LogP contribution is -2.17. The molecule has 0 aliphatic carbocycles. The van der Waals surface area contributed by atoms with Gasteiger partial charge in [0.2, 0.25) is 0 Å². The van der Waals surface area contributed by atoms with E-state index in [-0.39, 0.29) is 0 Å². The molecule has 3 heteroatoms. The average molecular weight is 631 g/mol. The van der Waals surface area contributed by atoms with Gasteiger partial charge in [0.05, 0.1) is 0 Å². The van der Waals surface area contributed by atoms with Crippen LogP contribution in [-0.2, 0) is 24.2 Å². The third-order valence-electron chi connectivity index (χ3n) is 8.12. The van der Waals surface area contributed by atoms with E-state index in [1.165, 1.54) is 99.3 Å². The van der Waals surface area contributed by atoms with Crippen LogP contribution in [0.2, 0.25) is 0 Å². The highest BCUT2D eigenvalue weighted by Gasteiger charge is 2.06. The molecule has 3 aromatic rings. The minimum atomic E-state index is 0.368. The smallest absolute Gasteiger partial charge is 0.137 e. The largest absolute Gasteiger partial charge is 0.299 e. The fourth-order valence-electron chi connectivity index (χ4n) is 5.60. The van der Waals surface area contributed by atoms with Crippen LogP contribution in [-0.4, -0.2) is 24.3 Å². The lowest BCUT2D eigenvalue weighted by molar-refractivity contribution is -0.118. The van der Waals surface area contributed by atoms with Crippen LogP contribution in [0.25, 0.3) is 11.1 Å². The van der Waals surface area contributed by atoms with Crippen molar-refractivity contribution >= 4 is 21.7 Å². The van der Waals surface area contributed by atoms with Crippen LogP contribution in [0.3, 0.4) is 0 Å². The van der Waals surface area contributed by atoms with Crippen LogP contribution < -0.4 is 0 Å². The zero-order valence-corrected chi connectivity index (χ0v) is 27.6. The van der Waals surface area contributed by atoms with Gasteiger partial charge in [-0.1, -0.05) is 147 Å². The highest BCUT2D eigenvalue weighted by atomic mass is 79.9. The van der Waals surface area contributed by atoms with E-state index in [0.717, 1.165) is 29.5 Å². The summed E-state index contributed by atoms with van der Waals surface area (Å²) in [5, 5.41) is 0. The zero-order chi connectivity index (χ0) is 29.8. The molecule has 0 heterocycles. The number of likely N-dealkylation sites (N-methyl/N-ethyl adjacent to an activating group) is 1. The number of nitrogens with zero attached hydrogens (tertiary/aromatic N) is 1. The first-order valence-corrected chi connectivity index (χ1v) is 17.1. The Kier molecular flexibility index (Phi) is 16.5. The summed E-state index contributed by atoms with van der Waals surface area (Å²) in [5.41, 5.74) is 6.29. The van der Waals surface area contributed by atoms with Gasteiger partial charge in [0, 0.05) is 30.4 Å². The van der Waals surface area contributed by atoms with Crippen molar-refractivity contribution in [3.05, 3.63) is 107 Å². The van der Waals surface area contributed by atoms with Gasteiger partial charge in [0.1, 0.15) is 5.78 Å². The minimum absolute atomic E-state index is 0.368. The second-order valence-electron chi connectivity index (χ2n) is 12.0. The van der Waals surface area contributed by atoms with Crippen LogP contribution in [0.1, 0.15) is 100 Å². The quantitative estimate of drug-likeness (QED) is 0.0813. The van der Waals surface area contributed by atoms with Crippen LogP contribution in [0.5, 0.6) is 0 Å². The SMILES string of the molecule is C=CCN(C)Cc1ccc(-c2ccc(CC(=O)CCCCCCCCCCCCCCc3ccc(Br)cc3)cc2)cc1. The van der Waals surface area contributed by atoms with Gasteiger partial charge in [-0.3, -0.25) is 9.69 Å². The summed E-state index contributed by atoms with van der Waals surface area (Å²) in [6.45, 7) is 5.61. The second kappa shape index (κ2) is 20.4. The van der Waals surface area contributed by atoms with E-state index in [2.05, 4.69) is 107 Å². The van der Waals surface area contributed by atoms with Crippen molar-refractivity contribution in [1.82, 2.24) is 4.90 Å². The minimum Gasteiger partial charge on any atom is -0.299 e. The Labute approximate surface area is 264 Å². The van der Waals surface area contributed by atoms with E-state index >= 15 is 0 Å². The van der Waals surface area contributed by atoms with Crippen LogP contribution >= 0.6 is 15.9 Å². The monoisotopic (exact) mass is 629 g/mol. The molecular formula is C39H52BrNO. The summed E-state index contributed by atoms with van der Waals surface area (Å²) in [6, 6.07) is 26.0. The van der Waals surface area contributed by atoms with Gasteiger partial charge in [-0.25, -0.2) is 0 Å². The normalized spacial score (nSPS) is 11.2. The standard InChI is InChI=1S/C39H52BrNO/c1-3-30-41(2)32-35-20-26-37(27-21-35)36-24-18-34(19-25-36)31-39(42)17-15-13-11-9-7-5-4-6-8-10-12-14-16-33-22-28-38(40)29-23-33/h3,18-29H,1,4-17,30-32H2,2H3. The molecule has 3 rings (SSSR count). The van der Waals surface area contributed by atoms with E-state index in [9.17, 15) is 4.79 Å². The number of carbonyl (C=O) groups excluding carboxylic acids is 1. The number of hydrogen-bond acceptors (Lipinski definition) is 2. The summed E-state index contributed by atoms with van der Waals surface area (Å²) < 4.78 is 1.16. The van der Waals surface area contributed by atoms with Crippen molar-refractivity contribution in [3.8, 4) is 11.1 Å². The summed E-state index contributed by atoms with van der Waals surface area (Å²) in [5.74, 6) is 0.368. The van der Waals surface area contributed by atoms with Gasteiger partial charge in [-0.2, -0.15) is 0 Å². The van der Waals surface area contributed by atoms with E-state index in [0.29, 0.717) is 18.6 Å². The third-order valence-corrected chi connectivity index (χ3v) is 8.65. The summed E-state index contributed by atoms with van der Waals surface area (Å²) in [7, 11) is 2.11. The van der Waals surface area contributed by atoms with Gasteiger partial charge >= 0.3 is 0 Å². The maximum atomic E-state index is 12.5. The van der Waals surface area contributed by atoms with E-state index in [1.807, 2.05) is 6.08 Å². The molecule has 0 amide bonds. The Morgan fingerprint density at radius 2 is 1.10 bits per heavy atom. The van der Waals surface area contributed by atoms with Gasteiger partial charge in [-0.15, -0.1) is 6.58 Å². The molecule has 226 valence electrons. The molecular weight excluding hydrogens is 578 g/mol. The van der Waals surface area contributed by atoms with Gasteiger partial charge in [0.15, 0.2) is 0 Å². The molecule has 2 nitrogen and oxygen atoms in total. The Balaban J connectivity index is 1.15. The number of rotatable bonds is 22. The fourth-order valence-corrected chi connectivity index (χ4v) is 5.86. The van der Waals surface area contributed by atoms with Gasteiger partial charge in [0.25, 0.3) is 0 Å². The molecule has 0 aromatic heterocycles. The molecule has 3 aromatic carbocycles. The molecule has 0 N–H and O–H groups in total. The number of carbonyl (C=O) groups is 1. The van der Waals surface area contributed by atoms with Crippen molar-refractivity contribution < 1.29 is 4.79 Å². The van der Waals surface area contributed by atoms with Gasteiger partial charge < -0.3 is 0 Å². The Morgan fingerprint density at radius 3 is 1.62 bits per heavy atom. The zero-order valence-electron chi connectivity index (χ0n) is 26.0. The number of benzene rings is 3. The lowest BCUT2D eigenvalue weighted by atomic mass is 9.99. The molecule has 0 bridgehead atoms. The lowest BCUT2D eigenvalue weighted by Gasteiger charge is -2.14. The molecule has 0 aliphatic rings. The number of halogens is 1. The van der Waals surface area contributed by atoms with Crippen LogP contribution in [0.4, 0.5) is 0 Å². The van der Waals surface area contributed by atoms with Crippen molar-refractivity contribution in [2.45, 2.75) is 103 Å². The highest BCUT2D eigenvalue weighted by Crippen LogP contribution is 2.22. The predicted molar refractivity (Wildman–Crippen MR) is 185 cm³/mol. The number of unbranched alkanes of at least 4 members (excludes halogenated alkanes) is 11. The van der Waals surface area contributed by atoms with Crippen LogP contribution in [0.15, 0.2) is 89.9 Å². The molecule has 0 radical (unpaired) electrons. The molecule has 0 fully saturated rings. The van der Waals surface area contributed by atoms with Crippen molar-refractivity contribution in [2.75, 3.05) is 13.6 Å². The summed E-state index contributed by atoms with van der Waals surface area (Å²) >= 11 is 3.50. The molecule has 0 spiro atoms. The molecule has 0 aliphatic heterocycles. The van der Waals surface area contributed by atoms with E-state index < -0.39 is 0 Å². The Morgan fingerprint density at radius 1 is 0.643 bits per heavy atom. The first-order chi connectivity index (χ1) is 20.5. The Hall–Kier alpha value is -2.49. The van der Waals surface area contributed by atoms with E-state index in [4.69, 9.17) is 0 Å². The Bertz CT molecular complexity index is 1150. The molecule has 0 atom stereocenters. The van der Waals surface area contributed by atoms with Crippen molar-refractivity contribution in [3.63, 3.8) is 0 Å². The fraction of sp³-hybridized carbons (Fsp3) is 0.462. The number of hydrogen-bond donors (Lipinski definition) is 0. The van der Waals surface area contributed by atoms with Crippen LogP contribution in [0, 0.1) is 0 Å². The number of aryl methyl sites for hydroxylation is 1. The average Bonchev–Trinajstić information content (AvgIpc) is 2.99. The van der Waals surface area contributed by atoms with Crippen molar-refractivity contribution in [2.24, 2.45) is 0 Å². The predicted octanol–water partition coefficient (Wildman–Crippen LogP) is 11.2. The van der Waals surface area contributed by atoms with Gasteiger partial charge in [-0.05, 0) is 66.3 Å². The molecule has 0 unspecified atom stereocenters. The topological polar surface area (TPSA) is 20.3 Å². The molecule has 42 heavy (non-hydrogen) atoms. The third kappa shape index (κ3) is 14.1. The molecule has 0 saturated carbocycles. The highest BCUT2D eigenvalue weighted by molar-refractivity contribution is 9.10. The summed E-state index contributed by atoms with van der Waals surface area (Å²) in [4.78, 5) is 14.8. The summed E-state index contributed by atoms with van der Waals surface area (Å²) in [6.07, 6.45) is 20.1. The van der Waals surface area contributed by atoms with Crippen molar-refractivity contribution in [1.29, 1.82) is 0 Å². The second-order valence-corrected chi connectivity index (χ2v) is 12.9. The number of Topliss-reactive ketones (excluding diaryl/α,β-unsaturated/α-hetero) is 1. The number of ketones is 1.